The summed E-state index contributed by atoms with van der Waals surface area (Å²) in [6.45, 7) is 10.5. The summed E-state index contributed by atoms with van der Waals surface area (Å²) in [6, 6.07) is 5.53. The van der Waals surface area contributed by atoms with Crippen LogP contribution in [0.3, 0.4) is 0 Å². The third-order valence-electron chi connectivity index (χ3n) is 3.40. The van der Waals surface area contributed by atoms with Gasteiger partial charge in [0.25, 0.3) is 0 Å². The van der Waals surface area contributed by atoms with Crippen LogP contribution in [0.4, 0.5) is 0 Å². The first-order valence-corrected chi connectivity index (χ1v) is 7.14. The van der Waals surface area contributed by atoms with Crippen molar-refractivity contribution in [3.63, 3.8) is 0 Å². The first kappa shape index (κ1) is 15.8. The molecule has 0 fully saturated rings. The number of benzene rings is 1. The van der Waals surface area contributed by atoms with E-state index in [9.17, 15) is 9.90 Å². The molecular weight excluding hydrogens is 280 g/mol. The summed E-state index contributed by atoms with van der Waals surface area (Å²) >= 11 is 0. The molecule has 0 aliphatic heterocycles. The number of rotatable bonds is 6. The van der Waals surface area contributed by atoms with E-state index in [1.165, 1.54) is 4.68 Å². The topological polar surface area (TPSA) is 64.4 Å². The van der Waals surface area contributed by atoms with Crippen molar-refractivity contribution in [2.75, 3.05) is 6.61 Å². The average Bonchev–Trinajstić information content (AvgIpc) is 2.87. The summed E-state index contributed by atoms with van der Waals surface area (Å²) in [5, 5.41) is 13.7. The average molecular weight is 300 g/mol. The van der Waals surface area contributed by atoms with E-state index in [1.54, 1.807) is 12.1 Å². The maximum atomic E-state index is 11.3. The van der Waals surface area contributed by atoms with Crippen LogP contribution in [0.15, 0.2) is 30.9 Å². The third kappa shape index (κ3) is 3.03. The van der Waals surface area contributed by atoms with Crippen LogP contribution in [-0.2, 0) is 6.54 Å². The van der Waals surface area contributed by atoms with Crippen molar-refractivity contribution in [2.45, 2.75) is 27.3 Å². The molecule has 0 amide bonds. The van der Waals surface area contributed by atoms with Gasteiger partial charge in [-0.25, -0.2) is 4.79 Å². The van der Waals surface area contributed by atoms with Gasteiger partial charge in [0.2, 0.25) is 0 Å². The fourth-order valence-corrected chi connectivity index (χ4v) is 2.36. The Morgan fingerprint density at radius 2 is 2.09 bits per heavy atom. The third-order valence-corrected chi connectivity index (χ3v) is 3.40. The highest BCUT2D eigenvalue weighted by Crippen LogP contribution is 2.30. The van der Waals surface area contributed by atoms with E-state index in [1.807, 2.05) is 32.9 Å². The van der Waals surface area contributed by atoms with E-state index >= 15 is 0 Å². The normalized spacial score (nSPS) is 10.5. The molecule has 1 aromatic carbocycles. The van der Waals surface area contributed by atoms with Crippen LogP contribution >= 0.6 is 0 Å². The Bertz CT molecular complexity index is 717. The minimum Gasteiger partial charge on any atom is -0.494 e. The number of aromatic carboxylic acids is 1. The molecule has 0 atom stereocenters. The molecule has 0 saturated heterocycles. The van der Waals surface area contributed by atoms with E-state index in [2.05, 4.69) is 11.7 Å². The van der Waals surface area contributed by atoms with Gasteiger partial charge in [0.1, 0.15) is 11.4 Å². The molecule has 1 aromatic heterocycles. The van der Waals surface area contributed by atoms with Gasteiger partial charge in [0, 0.05) is 5.56 Å². The number of aryl methyl sites for hydroxylation is 2. The molecule has 0 unspecified atom stereocenters. The van der Waals surface area contributed by atoms with Crippen molar-refractivity contribution in [3.8, 4) is 17.0 Å². The van der Waals surface area contributed by atoms with E-state index in [-0.39, 0.29) is 5.69 Å². The fraction of sp³-hybridized carbons (Fsp3) is 0.294. The second-order valence-electron chi connectivity index (χ2n) is 5.06. The second kappa shape index (κ2) is 6.47. The van der Waals surface area contributed by atoms with Crippen LogP contribution < -0.4 is 4.74 Å². The Morgan fingerprint density at radius 1 is 1.36 bits per heavy atom. The lowest BCUT2D eigenvalue weighted by atomic mass is 10.0. The van der Waals surface area contributed by atoms with Gasteiger partial charge < -0.3 is 9.84 Å². The number of carboxylic acids is 1. The summed E-state index contributed by atoms with van der Waals surface area (Å²) in [5.74, 6) is -0.159. The highest BCUT2D eigenvalue weighted by atomic mass is 16.5. The Labute approximate surface area is 129 Å². The fourth-order valence-electron chi connectivity index (χ4n) is 2.36. The van der Waals surface area contributed by atoms with E-state index in [0.717, 1.165) is 22.4 Å². The van der Waals surface area contributed by atoms with Gasteiger partial charge in [-0.05, 0) is 50.1 Å². The van der Waals surface area contributed by atoms with Crippen molar-refractivity contribution in [1.29, 1.82) is 0 Å². The number of allylic oxidation sites excluding steroid dienone is 1. The summed E-state index contributed by atoms with van der Waals surface area (Å²) < 4.78 is 7.02. The number of carboxylic acid groups (broad SMARTS) is 1. The summed E-state index contributed by atoms with van der Waals surface area (Å²) in [5.41, 5.74) is 3.70. The van der Waals surface area contributed by atoms with Crippen molar-refractivity contribution >= 4 is 5.97 Å². The first-order valence-electron chi connectivity index (χ1n) is 7.14. The van der Waals surface area contributed by atoms with Crippen molar-refractivity contribution in [1.82, 2.24) is 9.78 Å². The molecule has 1 N–H and O–H groups in total. The molecule has 0 aliphatic rings. The van der Waals surface area contributed by atoms with Gasteiger partial charge >= 0.3 is 5.97 Å². The van der Waals surface area contributed by atoms with Gasteiger partial charge in [-0.15, -0.1) is 6.58 Å². The molecular formula is C17H20N2O3. The molecule has 5 nitrogen and oxygen atoms in total. The summed E-state index contributed by atoms with van der Waals surface area (Å²) in [4.78, 5) is 11.3. The molecule has 0 saturated carbocycles. The van der Waals surface area contributed by atoms with Crippen molar-refractivity contribution < 1.29 is 14.6 Å². The standard InChI is InChI=1S/C17H20N2O3/c1-5-7-19-15(17(20)21)10-14(18-19)13-8-12(4)16(22-6-2)9-11(13)3/h5,8-10H,1,6-7H2,2-4H3,(H,20,21). The van der Waals surface area contributed by atoms with Crippen LogP contribution in [-0.4, -0.2) is 27.5 Å². The molecule has 5 heteroatoms. The molecule has 0 bridgehead atoms. The SMILES string of the molecule is C=CCn1nc(-c2cc(C)c(OCC)cc2C)cc1C(=O)O. The number of aromatic nitrogens is 2. The molecule has 22 heavy (non-hydrogen) atoms. The maximum absolute atomic E-state index is 11.3. The Balaban J connectivity index is 2.52. The van der Waals surface area contributed by atoms with Gasteiger partial charge in [-0.3, -0.25) is 4.68 Å². The van der Waals surface area contributed by atoms with Gasteiger partial charge in [0.05, 0.1) is 18.8 Å². The van der Waals surface area contributed by atoms with Gasteiger partial charge in [-0.2, -0.15) is 5.10 Å². The predicted octanol–water partition coefficient (Wildman–Crippen LogP) is 3.45. The van der Waals surface area contributed by atoms with Crippen LogP contribution in [0.25, 0.3) is 11.3 Å². The van der Waals surface area contributed by atoms with Crippen LogP contribution in [0.1, 0.15) is 28.5 Å². The van der Waals surface area contributed by atoms with Crippen molar-refractivity contribution in [3.05, 3.63) is 47.7 Å². The lowest BCUT2D eigenvalue weighted by Crippen LogP contribution is -2.08. The molecule has 0 aliphatic carbocycles. The summed E-state index contributed by atoms with van der Waals surface area (Å²) in [7, 11) is 0. The zero-order chi connectivity index (χ0) is 16.3. The molecule has 1 heterocycles. The van der Waals surface area contributed by atoms with E-state index in [4.69, 9.17) is 4.74 Å². The summed E-state index contributed by atoms with van der Waals surface area (Å²) in [6.07, 6.45) is 1.62. The molecule has 0 spiro atoms. The van der Waals surface area contributed by atoms with Gasteiger partial charge in [-0.1, -0.05) is 6.08 Å². The minimum atomic E-state index is -0.999. The van der Waals surface area contributed by atoms with E-state index in [0.29, 0.717) is 18.8 Å². The molecule has 116 valence electrons. The molecule has 0 radical (unpaired) electrons. The number of carbonyl (C=O) groups is 1. The number of ether oxygens (including phenoxy) is 1. The number of hydrogen-bond donors (Lipinski definition) is 1. The maximum Gasteiger partial charge on any atom is 0.354 e. The van der Waals surface area contributed by atoms with E-state index < -0.39 is 5.97 Å². The number of hydrogen-bond acceptors (Lipinski definition) is 3. The zero-order valence-electron chi connectivity index (χ0n) is 13.1. The lowest BCUT2D eigenvalue weighted by Gasteiger charge is -2.11. The van der Waals surface area contributed by atoms with Gasteiger partial charge in [0.15, 0.2) is 0 Å². The molecule has 2 rings (SSSR count). The monoisotopic (exact) mass is 300 g/mol. The predicted molar refractivity (Wildman–Crippen MR) is 85.5 cm³/mol. The lowest BCUT2D eigenvalue weighted by molar-refractivity contribution is 0.0684. The highest BCUT2D eigenvalue weighted by Gasteiger charge is 2.16. The van der Waals surface area contributed by atoms with Crippen LogP contribution in [0.5, 0.6) is 5.75 Å². The molecule has 2 aromatic rings. The van der Waals surface area contributed by atoms with Crippen molar-refractivity contribution in [2.24, 2.45) is 0 Å². The smallest absolute Gasteiger partial charge is 0.354 e. The number of nitrogens with zero attached hydrogens (tertiary/aromatic N) is 2. The Morgan fingerprint density at radius 3 is 2.68 bits per heavy atom. The Hall–Kier alpha value is -2.56. The highest BCUT2D eigenvalue weighted by molar-refractivity contribution is 5.87. The minimum absolute atomic E-state index is 0.154. The van der Waals surface area contributed by atoms with Crippen LogP contribution in [0, 0.1) is 13.8 Å². The first-order chi connectivity index (χ1) is 10.5. The zero-order valence-corrected chi connectivity index (χ0v) is 13.1. The quantitative estimate of drug-likeness (QED) is 0.830. The van der Waals surface area contributed by atoms with Crippen LogP contribution in [0.2, 0.25) is 0 Å². The Kier molecular flexibility index (Phi) is 4.65. The second-order valence-corrected chi connectivity index (χ2v) is 5.06. The largest absolute Gasteiger partial charge is 0.494 e.